The number of nitrogens with one attached hydrogen (secondary N) is 2. The van der Waals surface area contributed by atoms with Crippen molar-refractivity contribution >= 4 is 47.0 Å². The number of carbonyl (C=O) groups excluding carboxylic acids is 2. The zero-order chi connectivity index (χ0) is 48.4. The van der Waals surface area contributed by atoms with Crippen molar-refractivity contribution in [3.05, 3.63) is 70.5 Å². The molecule has 23 nitrogen and oxygen atoms in total. The number of unbranched alkanes of at least 4 members (excludes halogenated alkanes) is 1. The first kappa shape index (κ1) is 54.2. The van der Waals surface area contributed by atoms with Crippen LogP contribution in [0.5, 0.6) is 0 Å². The number of amides is 2. The number of nitrogen functional groups attached to an aromatic ring is 2. The molecule has 2 amide bonds. The van der Waals surface area contributed by atoms with Gasteiger partial charge in [-0.15, -0.1) is 0 Å². The van der Waals surface area contributed by atoms with Gasteiger partial charge in [-0.25, -0.2) is 14.8 Å². The second-order valence-electron chi connectivity index (χ2n) is 15.3. The Labute approximate surface area is 378 Å². The maximum atomic E-state index is 12.9. The van der Waals surface area contributed by atoms with E-state index in [1.807, 2.05) is 48.5 Å². The average molecular weight is 938 g/mol. The van der Waals surface area contributed by atoms with Crippen LogP contribution in [0.3, 0.4) is 0 Å². The number of aryl methyl sites for hydroxylation is 2. The lowest BCUT2D eigenvalue weighted by molar-refractivity contribution is -0.142. The Morgan fingerprint density at radius 2 is 1.20 bits per heavy atom. The van der Waals surface area contributed by atoms with E-state index in [0.717, 1.165) is 40.0 Å². The van der Waals surface area contributed by atoms with Gasteiger partial charge >= 0.3 is 5.97 Å². The van der Waals surface area contributed by atoms with E-state index >= 15 is 0 Å². The standard InChI is InChI=1S/C41H60ClN9O14/c42-36-38(44)49-37(43)31(48-36)39(63)50-41(45)46-15-2-1-3-21-4-9-23(10-5-21)24-11-6-22(7-12-24)8-13-30(58)47-25(40(64)65)14-16-51(17-26(54)32(59)34(61)28(56)19-52)18-27(55)33(60)35(62)29(57)20-53/h4-7,9-12,25-29,32-35,52-57,59-62H,1-3,8,13-20H2,(H,47,58)(H,64,65)(H4,43,44,49)(H3,45,46,50,63). The number of aliphatic carboxylic acids is 1. The van der Waals surface area contributed by atoms with Crippen molar-refractivity contribution in [2.24, 2.45) is 10.7 Å². The third-order valence-electron chi connectivity index (χ3n) is 10.3. The fourth-order valence-corrected chi connectivity index (χ4v) is 6.54. The SMILES string of the molecule is NC(=NCCCCc1ccc(-c2ccc(CCC(=O)NC(CCN(CC(O)C(O)C(O)C(O)CO)CC(O)C(O)C(O)C(O)CO)C(=O)O)cc2)cc1)NC(=O)c1nc(Cl)c(N)nc1N. The smallest absolute Gasteiger partial charge is 0.326 e. The molecule has 19 N–H and O–H groups in total. The molecule has 1 aromatic heterocycles. The van der Waals surface area contributed by atoms with E-state index in [1.165, 1.54) is 0 Å². The van der Waals surface area contributed by atoms with Gasteiger partial charge in [-0.3, -0.25) is 24.8 Å². The summed E-state index contributed by atoms with van der Waals surface area (Å²) >= 11 is 5.82. The molecule has 0 aliphatic carbocycles. The molecule has 3 aromatic rings. The van der Waals surface area contributed by atoms with E-state index in [2.05, 4.69) is 25.6 Å². The summed E-state index contributed by atoms with van der Waals surface area (Å²) in [5.74, 6) is -3.16. The van der Waals surface area contributed by atoms with Crippen molar-refractivity contribution < 1.29 is 70.6 Å². The van der Waals surface area contributed by atoms with Gasteiger partial charge in [0, 0.05) is 32.6 Å². The molecule has 0 saturated heterocycles. The number of aromatic nitrogens is 2. The van der Waals surface area contributed by atoms with E-state index in [0.29, 0.717) is 13.0 Å². The summed E-state index contributed by atoms with van der Waals surface area (Å²) in [6, 6.07) is 14.0. The third-order valence-corrected chi connectivity index (χ3v) is 10.6. The van der Waals surface area contributed by atoms with Crippen LogP contribution in [0.4, 0.5) is 11.6 Å². The highest BCUT2D eigenvalue weighted by molar-refractivity contribution is 6.31. The number of rotatable bonds is 27. The number of carbonyl (C=O) groups is 3. The summed E-state index contributed by atoms with van der Waals surface area (Å²) in [4.78, 5) is 50.3. The van der Waals surface area contributed by atoms with Crippen LogP contribution in [0.25, 0.3) is 11.1 Å². The first-order valence-electron chi connectivity index (χ1n) is 20.5. The lowest BCUT2D eigenvalue weighted by Crippen LogP contribution is -2.54. The first-order valence-corrected chi connectivity index (χ1v) is 20.9. The van der Waals surface area contributed by atoms with Crippen LogP contribution in [0.15, 0.2) is 53.5 Å². The zero-order valence-corrected chi connectivity index (χ0v) is 36.1. The van der Waals surface area contributed by atoms with Gasteiger partial charge in [0.25, 0.3) is 5.91 Å². The molecule has 360 valence electrons. The normalized spacial score (nSPS) is 16.2. The Kier molecular flexibility index (Phi) is 22.3. The van der Waals surface area contributed by atoms with Crippen LogP contribution in [0.1, 0.15) is 47.3 Å². The van der Waals surface area contributed by atoms with Crippen LogP contribution >= 0.6 is 11.6 Å². The number of guanidine groups is 1. The molecule has 0 bridgehead atoms. The van der Waals surface area contributed by atoms with Gasteiger partial charge in [-0.05, 0) is 54.4 Å². The van der Waals surface area contributed by atoms with Gasteiger partial charge < -0.3 is 78.7 Å². The Hall–Kier alpha value is -5.15. The molecule has 3 rings (SSSR count). The molecular formula is C41H60ClN9O14. The summed E-state index contributed by atoms with van der Waals surface area (Å²) in [5.41, 5.74) is 20.6. The quantitative estimate of drug-likeness (QED) is 0.0197. The van der Waals surface area contributed by atoms with E-state index < -0.39 is 99.0 Å². The van der Waals surface area contributed by atoms with Gasteiger partial charge in [0.1, 0.15) is 42.7 Å². The Morgan fingerprint density at radius 1 is 0.708 bits per heavy atom. The molecule has 9 unspecified atom stereocenters. The zero-order valence-electron chi connectivity index (χ0n) is 35.3. The number of benzene rings is 2. The van der Waals surface area contributed by atoms with Crippen LogP contribution in [0.2, 0.25) is 5.15 Å². The number of hydrogen-bond donors (Lipinski definition) is 16. The maximum Gasteiger partial charge on any atom is 0.326 e. The monoisotopic (exact) mass is 937 g/mol. The molecule has 9 atom stereocenters. The van der Waals surface area contributed by atoms with Crippen LogP contribution < -0.4 is 27.8 Å². The maximum absolute atomic E-state index is 12.9. The molecule has 0 fully saturated rings. The second-order valence-corrected chi connectivity index (χ2v) is 15.7. The number of aliphatic hydroxyl groups is 10. The number of hydrogen-bond acceptors (Lipinski definition) is 19. The summed E-state index contributed by atoms with van der Waals surface area (Å²) < 4.78 is 0. The second kappa shape index (κ2) is 26.7. The van der Waals surface area contributed by atoms with Gasteiger partial charge in [-0.2, -0.15) is 0 Å². The lowest BCUT2D eigenvalue weighted by Gasteiger charge is -2.34. The van der Waals surface area contributed by atoms with Crippen molar-refractivity contribution in [3.8, 4) is 11.1 Å². The Balaban J connectivity index is 1.50. The molecular weight excluding hydrogens is 878 g/mol. The van der Waals surface area contributed by atoms with E-state index in [4.69, 9.17) is 39.0 Å². The minimum absolute atomic E-state index is 0.0801. The number of nitrogens with zero attached hydrogens (tertiary/aromatic N) is 4. The minimum Gasteiger partial charge on any atom is -0.480 e. The Bertz CT molecular complexity index is 1970. The number of aliphatic hydroxyl groups excluding tert-OH is 10. The van der Waals surface area contributed by atoms with Gasteiger partial charge in [0.2, 0.25) is 5.91 Å². The molecule has 0 radical (unpaired) electrons. The summed E-state index contributed by atoms with van der Waals surface area (Å²) in [7, 11) is 0. The van der Waals surface area contributed by atoms with Gasteiger partial charge in [-0.1, -0.05) is 60.1 Å². The van der Waals surface area contributed by atoms with E-state index in [-0.39, 0.29) is 54.2 Å². The minimum atomic E-state index is -2.03. The molecule has 24 heteroatoms. The summed E-state index contributed by atoms with van der Waals surface area (Å²) in [6.07, 6.45) is -13.3. The van der Waals surface area contributed by atoms with Gasteiger partial charge in [0.15, 0.2) is 28.4 Å². The molecule has 0 spiro atoms. The first-order chi connectivity index (χ1) is 30.7. The van der Waals surface area contributed by atoms with Crippen molar-refractivity contribution in [1.82, 2.24) is 25.5 Å². The fraction of sp³-hybridized carbons (Fsp3) is 0.512. The highest BCUT2D eigenvalue weighted by Gasteiger charge is 2.35. The molecule has 2 aromatic carbocycles. The summed E-state index contributed by atoms with van der Waals surface area (Å²) in [6.45, 7) is -3.05. The number of carboxylic acids is 1. The van der Waals surface area contributed by atoms with Crippen molar-refractivity contribution in [2.45, 2.75) is 93.4 Å². The lowest BCUT2D eigenvalue weighted by atomic mass is 9.99. The number of aliphatic imine (C=N–C) groups is 1. The number of halogens is 1. The average Bonchev–Trinajstić information content (AvgIpc) is 3.29. The number of nitrogens with two attached hydrogens (primary N) is 3. The van der Waals surface area contributed by atoms with Crippen LogP contribution in [-0.2, 0) is 22.4 Å². The predicted octanol–water partition coefficient (Wildman–Crippen LogP) is -3.91. The highest BCUT2D eigenvalue weighted by atomic mass is 35.5. The largest absolute Gasteiger partial charge is 0.480 e. The summed E-state index contributed by atoms with van der Waals surface area (Å²) in [5, 5.41) is 114. The topological polar surface area (TPSA) is 417 Å². The predicted molar refractivity (Wildman–Crippen MR) is 236 cm³/mol. The van der Waals surface area contributed by atoms with Gasteiger partial charge in [0.05, 0.1) is 25.4 Å². The van der Waals surface area contributed by atoms with Crippen molar-refractivity contribution in [3.63, 3.8) is 0 Å². The fourth-order valence-electron chi connectivity index (χ4n) is 6.41. The molecule has 0 aliphatic heterocycles. The third kappa shape index (κ3) is 17.3. The van der Waals surface area contributed by atoms with Crippen LogP contribution in [-0.4, -0.2) is 189 Å². The molecule has 0 saturated carbocycles. The Morgan fingerprint density at radius 3 is 1.69 bits per heavy atom. The van der Waals surface area contributed by atoms with Crippen LogP contribution in [0, 0.1) is 0 Å². The van der Waals surface area contributed by atoms with E-state index in [1.54, 1.807) is 0 Å². The number of carboxylic acid groups (broad SMARTS) is 1. The van der Waals surface area contributed by atoms with Crippen molar-refractivity contribution in [1.29, 1.82) is 0 Å². The molecule has 65 heavy (non-hydrogen) atoms. The highest BCUT2D eigenvalue weighted by Crippen LogP contribution is 2.22. The molecule has 1 heterocycles. The molecule has 0 aliphatic rings. The van der Waals surface area contributed by atoms with Crippen molar-refractivity contribution in [2.75, 3.05) is 50.9 Å². The van der Waals surface area contributed by atoms with E-state index in [9.17, 15) is 60.3 Å². The number of anilines is 2.